The fourth-order valence-electron chi connectivity index (χ4n) is 2.71. The molecule has 0 saturated carbocycles. The standard InChI is InChI=1S/C14H16ClNO3/c15-11-7-9(12-3-1-2-4-16-12)13-14(10(11)8-17)19-6-5-18-13/h7-8,12,16H,1-6H2. The van der Waals surface area contributed by atoms with Crippen molar-refractivity contribution < 1.29 is 14.3 Å². The maximum atomic E-state index is 11.2. The summed E-state index contributed by atoms with van der Waals surface area (Å²) < 4.78 is 11.3. The predicted molar refractivity (Wildman–Crippen MR) is 72.4 cm³/mol. The molecule has 2 aliphatic rings. The second kappa shape index (κ2) is 5.39. The number of fused-ring (bicyclic) bond motifs is 1. The van der Waals surface area contributed by atoms with Crippen LogP contribution in [0.25, 0.3) is 0 Å². The normalized spacial score (nSPS) is 22.1. The molecule has 0 aliphatic carbocycles. The number of hydrogen-bond acceptors (Lipinski definition) is 4. The van der Waals surface area contributed by atoms with E-state index in [1.165, 1.54) is 12.8 Å². The van der Waals surface area contributed by atoms with Crippen LogP contribution < -0.4 is 14.8 Å². The van der Waals surface area contributed by atoms with Gasteiger partial charge in [-0.25, -0.2) is 0 Å². The van der Waals surface area contributed by atoms with Gasteiger partial charge in [-0.15, -0.1) is 0 Å². The SMILES string of the molecule is O=Cc1c(Cl)cc(C2CCCCN2)c2c1OCCO2. The van der Waals surface area contributed by atoms with Crippen molar-refractivity contribution in [2.45, 2.75) is 25.3 Å². The third-order valence-electron chi connectivity index (χ3n) is 3.63. The Morgan fingerprint density at radius 1 is 1.26 bits per heavy atom. The Balaban J connectivity index is 2.08. The van der Waals surface area contributed by atoms with E-state index in [2.05, 4.69) is 5.32 Å². The summed E-state index contributed by atoms with van der Waals surface area (Å²) in [7, 11) is 0. The molecule has 1 aromatic carbocycles. The molecule has 102 valence electrons. The van der Waals surface area contributed by atoms with Crippen molar-refractivity contribution in [1.29, 1.82) is 0 Å². The minimum Gasteiger partial charge on any atom is -0.486 e. The molecular formula is C14H16ClNO3. The molecule has 1 atom stereocenters. The van der Waals surface area contributed by atoms with E-state index in [9.17, 15) is 4.79 Å². The Morgan fingerprint density at radius 3 is 2.74 bits per heavy atom. The minimum atomic E-state index is 0.224. The number of carbonyl (C=O) groups excluding carboxylic acids is 1. The van der Waals surface area contributed by atoms with Crippen LogP contribution in [0.15, 0.2) is 6.07 Å². The highest BCUT2D eigenvalue weighted by molar-refractivity contribution is 6.33. The third kappa shape index (κ3) is 2.30. The molecule has 5 heteroatoms. The Kier molecular flexibility index (Phi) is 3.62. The van der Waals surface area contributed by atoms with Crippen molar-refractivity contribution in [2.75, 3.05) is 19.8 Å². The summed E-state index contributed by atoms with van der Waals surface area (Å²) >= 11 is 6.19. The molecule has 19 heavy (non-hydrogen) atoms. The summed E-state index contributed by atoms with van der Waals surface area (Å²) in [6.45, 7) is 1.95. The molecule has 2 heterocycles. The van der Waals surface area contributed by atoms with Gasteiger partial charge in [-0.1, -0.05) is 18.0 Å². The van der Waals surface area contributed by atoms with E-state index < -0.39 is 0 Å². The van der Waals surface area contributed by atoms with Crippen LogP contribution in [0.5, 0.6) is 11.5 Å². The van der Waals surface area contributed by atoms with E-state index in [1.807, 2.05) is 6.07 Å². The van der Waals surface area contributed by atoms with Gasteiger partial charge in [0.1, 0.15) is 13.2 Å². The minimum absolute atomic E-state index is 0.224. The lowest BCUT2D eigenvalue weighted by atomic mass is 9.95. The van der Waals surface area contributed by atoms with E-state index >= 15 is 0 Å². The first kappa shape index (κ1) is 12.8. The Morgan fingerprint density at radius 2 is 2.05 bits per heavy atom. The number of aldehydes is 1. The number of nitrogens with one attached hydrogen (secondary N) is 1. The molecule has 1 N–H and O–H groups in total. The fraction of sp³-hybridized carbons (Fsp3) is 0.500. The van der Waals surface area contributed by atoms with Crippen molar-refractivity contribution >= 4 is 17.9 Å². The molecule has 0 aromatic heterocycles. The monoisotopic (exact) mass is 281 g/mol. The molecule has 1 aromatic rings. The third-order valence-corrected chi connectivity index (χ3v) is 3.94. The van der Waals surface area contributed by atoms with Crippen molar-refractivity contribution in [3.05, 3.63) is 22.2 Å². The second-order valence-corrected chi connectivity index (χ2v) is 5.24. The first-order valence-electron chi connectivity index (χ1n) is 6.62. The average molecular weight is 282 g/mol. The van der Waals surface area contributed by atoms with Gasteiger partial charge < -0.3 is 14.8 Å². The predicted octanol–water partition coefficient (Wildman–Crippen LogP) is 2.74. The van der Waals surface area contributed by atoms with Gasteiger partial charge >= 0.3 is 0 Å². The summed E-state index contributed by atoms with van der Waals surface area (Å²) in [5, 5.41) is 3.90. The van der Waals surface area contributed by atoms with Crippen molar-refractivity contribution in [2.24, 2.45) is 0 Å². The maximum absolute atomic E-state index is 11.2. The summed E-state index contributed by atoms with van der Waals surface area (Å²) in [6, 6.07) is 2.06. The fourth-order valence-corrected chi connectivity index (χ4v) is 2.96. The number of hydrogen-bond donors (Lipinski definition) is 1. The molecular weight excluding hydrogens is 266 g/mol. The molecule has 1 fully saturated rings. The van der Waals surface area contributed by atoms with Crippen LogP contribution in [0.3, 0.4) is 0 Å². The Labute approximate surface area is 117 Å². The number of benzene rings is 1. The lowest BCUT2D eigenvalue weighted by Gasteiger charge is -2.29. The van der Waals surface area contributed by atoms with Crippen LogP contribution in [0.1, 0.15) is 41.2 Å². The molecule has 1 unspecified atom stereocenters. The zero-order valence-electron chi connectivity index (χ0n) is 10.6. The van der Waals surface area contributed by atoms with Gasteiger partial charge in [0.15, 0.2) is 17.8 Å². The van der Waals surface area contributed by atoms with E-state index in [1.54, 1.807) is 0 Å². The number of carbonyl (C=O) groups is 1. The van der Waals surface area contributed by atoms with Gasteiger partial charge in [0, 0.05) is 11.6 Å². The van der Waals surface area contributed by atoms with Crippen LogP contribution >= 0.6 is 11.6 Å². The van der Waals surface area contributed by atoms with Gasteiger partial charge in [-0.3, -0.25) is 4.79 Å². The first-order chi connectivity index (χ1) is 9.31. The van der Waals surface area contributed by atoms with Crippen LogP contribution in [-0.4, -0.2) is 26.0 Å². The number of ether oxygens (including phenoxy) is 2. The summed E-state index contributed by atoms with van der Waals surface area (Å²) in [4.78, 5) is 11.2. The summed E-state index contributed by atoms with van der Waals surface area (Å²) in [6.07, 6.45) is 4.15. The lowest BCUT2D eigenvalue weighted by molar-refractivity contribution is 0.111. The molecule has 0 amide bonds. The van der Waals surface area contributed by atoms with E-state index in [0.717, 1.165) is 24.8 Å². The van der Waals surface area contributed by atoms with Gasteiger partial charge in [0.2, 0.25) is 0 Å². The van der Waals surface area contributed by atoms with E-state index in [-0.39, 0.29) is 6.04 Å². The molecule has 0 spiro atoms. The van der Waals surface area contributed by atoms with Crippen LogP contribution in [-0.2, 0) is 0 Å². The second-order valence-electron chi connectivity index (χ2n) is 4.84. The summed E-state index contributed by atoms with van der Waals surface area (Å²) in [5.41, 5.74) is 1.39. The molecule has 1 saturated heterocycles. The van der Waals surface area contributed by atoms with E-state index in [0.29, 0.717) is 35.3 Å². The molecule has 2 aliphatic heterocycles. The highest BCUT2D eigenvalue weighted by Gasteiger charge is 2.27. The zero-order valence-corrected chi connectivity index (χ0v) is 11.3. The van der Waals surface area contributed by atoms with Crippen molar-refractivity contribution in [1.82, 2.24) is 5.32 Å². The quantitative estimate of drug-likeness (QED) is 0.847. The number of halogens is 1. The number of rotatable bonds is 2. The van der Waals surface area contributed by atoms with Gasteiger partial charge in [-0.05, 0) is 25.5 Å². The van der Waals surface area contributed by atoms with Crippen LogP contribution in [0, 0.1) is 0 Å². The lowest BCUT2D eigenvalue weighted by Crippen LogP contribution is -2.28. The molecule has 0 radical (unpaired) electrons. The van der Waals surface area contributed by atoms with Crippen molar-refractivity contribution in [3.63, 3.8) is 0 Å². The smallest absolute Gasteiger partial charge is 0.173 e. The highest BCUT2D eigenvalue weighted by atomic mass is 35.5. The van der Waals surface area contributed by atoms with Gasteiger partial charge in [0.25, 0.3) is 0 Å². The number of piperidine rings is 1. The maximum Gasteiger partial charge on any atom is 0.173 e. The first-order valence-corrected chi connectivity index (χ1v) is 6.99. The van der Waals surface area contributed by atoms with E-state index in [4.69, 9.17) is 21.1 Å². The van der Waals surface area contributed by atoms with Gasteiger partial charge in [-0.2, -0.15) is 0 Å². The molecule has 4 nitrogen and oxygen atoms in total. The topological polar surface area (TPSA) is 47.6 Å². The van der Waals surface area contributed by atoms with Crippen LogP contribution in [0.4, 0.5) is 0 Å². The Hall–Kier alpha value is -1.26. The zero-order chi connectivity index (χ0) is 13.2. The highest BCUT2D eigenvalue weighted by Crippen LogP contribution is 2.44. The molecule has 3 rings (SSSR count). The van der Waals surface area contributed by atoms with Crippen molar-refractivity contribution in [3.8, 4) is 11.5 Å². The average Bonchev–Trinajstić information content (AvgIpc) is 2.47. The summed E-state index contributed by atoms with van der Waals surface area (Å²) in [5.74, 6) is 1.17. The van der Waals surface area contributed by atoms with Crippen LogP contribution in [0.2, 0.25) is 5.02 Å². The Bertz CT molecular complexity index is 498. The van der Waals surface area contributed by atoms with Gasteiger partial charge in [0.05, 0.1) is 10.6 Å². The largest absolute Gasteiger partial charge is 0.486 e. The molecule has 0 bridgehead atoms.